The second-order valence-corrected chi connectivity index (χ2v) is 3.43. The van der Waals surface area contributed by atoms with Crippen molar-refractivity contribution >= 4 is 12.3 Å². The Kier molecular flexibility index (Phi) is 4.13. The van der Waals surface area contributed by atoms with Gasteiger partial charge < -0.3 is 10.8 Å². The Bertz CT molecular complexity index is 406. The quantitative estimate of drug-likeness (QED) is 0.744. The Balaban J connectivity index is 2.88. The van der Waals surface area contributed by atoms with Gasteiger partial charge in [0, 0.05) is 18.0 Å². The first-order valence-corrected chi connectivity index (χ1v) is 4.76. The predicted molar refractivity (Wildman–Crippen MR) is 55.6 cm³/mol. The van der Waals surface area contributed by atoms with Crippen LogP contribution in [0.5, 0.6) is 0 Å². The van der Waals surface area contributed by atoms with E-state index < -0.39 is 17.8 Å². The maximum Gasteiger partial charge on any atom is 0.303 e. The average molecular weight is 225 g/mol. The lowest BCUT2D eigenvalue weighted by atomic mass is 9.98. The fraction of sp³-hybridized carbons (Fsp3) is 0.273. The summed E-state index contributed by atoms with van der Waals surface area (Å²) in [6.07, 6.45) is 0.630. The van der Waals surface area contributed by atoms with Gasteiger partial charge >= 0.3 is 5.97 Å². The number of halogens is 1. The van der Waals surface area contributed by atoms with E-state index in [0.717, 1.165) is 12.1 Å². The molecule has 0 aromatic heterocycles. The van der Waals surface area contributed by atoms with E-state index >= 15 is 0 Å². The molecule has 0 fully saturated rings. The highest BCUT2D eigenvalue weighted by Crippen LogP contribution is 2.20. The van der Waals surface area contributed by atoms with E-state index in [9.17, 15) is 14.0 Å². The van der Waals surface area contributed by atoms with Gasteiger partial charge in [-0.25, -0.2) is 4.39 Å². The maximum atomic E-state index is 13.0. The fourth-order valence-corrected chi connectivity index (χ4v) is 1.41. The third kappa shape index (κ3) is 3.13. The number of nitrogens with two attached hydrogens (primary N) is 1. The number of aldehydes is 1. The van der Waals surface area contributed by atoms with E-state index in [1.165, 1.54) is 6.07 Å². The summed E-state index contributed by atoms with van der Waals surface area (Å²) in [6.45, 7) is 0. The molecule has 1 aromatic carbocycles. The summed E-state index contributed by atoms with van der Waals surface area (Å²) in [4.78, 5) is 21.0. The van der Waals surface area contributed by atoms with Crippen LogP contribution in [0.25, 0.3) is 0 Å². The Morgan fingerprint density at radius 2 is 2.25 bits per heavy atom. The maximum absolute atomic E-state index is 13.0. The Morgan fingerprint density at radius 3 is 2.81 bits per heavy atom. The zero-order chi connectivity index (χ0) is 12.1. The summed E-state index contributed by atoms with van der Waals surface area (Å²) in [6, 6.07) is 3.01. The van der Waals surface area contributed by atoms with Crippen molar-refractivity contribution < 1.29 is 19.1 Å². The van der Waals surface area contributed by atoms with Crippen molar-refractivity contribution in [3.05, 3.63) is 35.1 Å². The summed E-state index contributed by atoms with van der Waals surface area (Å²) >= 11 is 0. The van der Waals surface area contributed by atoms with Gasteiger partial charge in [-0.2, -0.15) is 0 Å². The first kappa shape index (κ1) is 12.3. The topological polar surface area (TPSA) is 80.4 Å². The predicted octanol–water partition coefficient (Wildman–Crippen LogP) is 1.50. The van der Waals surface area contributed by atoms with Crippen LogP contribution in [-0.4, -0.2) is 17.4 Å². The molecule has 0 saturated carbocycles. The van der Waals surface area contributed by atoms with Crippen molar-refractivity contribution in [2.45, 2.75) is 18.9 Å². The minimum atomic E-state index is -0.973. The first-order valence-electron chi connectivity index (χ1n) is 4.76. The van der Waals surface area contributed by atoms with Crippen molar-refractivity contribution in [3.8, 4) is 0 Å². The van der Waals surface area contributed by atoms with E-state index in [1.807, 2.05) is 0 Å². The highest BCUT2D eigenvalue weighted by Gasteiger charge is 2.13. The van der Waals surface area contributed by atoms with Crippen molar-refractivity contribution in [2.75, 3.05) is 0 Å². The highest BCUT2D eigenvalue weighted by molar-refractivity contribution is 5.77. The van der Waals surface area contributed by atoms with Crippen LogP contribution in [0.4, 0.5) is 4.39 Å². The summed E-state index contributed by atoms with van der Waals surface area (Å²) in [5.41, 5.74) is 6.33. The molecule has 0 saturated heterocycles. The molecule has 0 aliphatic carbocycles. The lowest BCUT2D eigenvalue weighted by Gasteiger charge is -2.12. The number of hydrogen-bond acceptors (Lipinski definition) is 3. The molecule has 4 nitrogen and oxygen atoms in total. The number of rotatable bonds is 5. The minimum Gasteiger partial charge on any atom is -0.481 e. The van der Waals surface area contributed by atoms with Gasteiger partial charge in [-0.15, -0.1) is 0 Å². The van der Waals surface area contributed by atoms with Crippen LogP contribution in [0, 0.1) is 5.82 Å². The number of hydrogen-bond donors (Lipinski definition) is 2. The molecule has 0 bridgehead atoms. The molecule has 0 radical (unpaired) electrons. The lowest BCUT2D eigenvalue weighted by Crippen LogP contribution is -2.14. The van der Waals surface area contributed by atoms with Gasteiger partial charge in [-0.05, 0) is 30.2 Å². The van der Waals surface area contributed by atoms with Gasteiger partial charge in [0.05, 0.1) is 0 Å². The SMILES string of the molecule is NC(CCC(=O)O)c1cc(F)ccc1C=O. The molecule has 1 rings (SSSR count). The molecule has 86 valence electrons. The smallest absolute Gasteiger partial charge is 0.303 e. The number of aliphatic carboxylic acids is 1. The van der Waals surface area contributed by atoms with Crippen LogP contribution >= 0.6 is 0 Å². The molecular formula is C11H12FNO3. The third-order valence-corrected chi connectivity index (χ3v) is 2.24. The van der Waals surface area contributed by atoms with Crippen molar-refractivity contribution in [3.63, 3.8) is 0 Å². The summed E-state index contributed by atoms with van der Waals surface area (Å²) in [7, 11) is 0. The number of carbonyl (C=O) groups is 2. The first-order chi connectivity index (χ1) is 7.54. The summed E-state index contributed by atoms with van der Waals surface area (Å²) in [5, 5.41) is 8.49. The van der Waals surface area contributed by atoms with Gasteiger partial charge in [-0.3, -0.25) is 9.59 Å². The third-order valence-electron chi connectivity index (χ3n) is 2.24. The zero-order valence-electron chi connectivity index (χ0n) is 8.52. The Hall–Kier alpha value is -1.75. The lowest BCUT2D eigenvalue weighted by molar-refractivity contribution is -0.137. The van der Waals surface area contributed by atoms with E-state index in [4.69, 9.17) is 10.8 Å². The van der Waals surface area contributed by atoms with Crippen LogP contribution in [0.1, 0.15) is 34.8 Å². The van der Waals surface area contributed by atoms with E-state index in [2.05, 4.69) is 0 Å². The molecule has 0 aliphatic rings. The Labute approximate surface area is 91.9 Å². The standard InChI is InChI=1S/C11H12FNO3/c12-8-2-1-7(6-14)9(5-8)10(13)3-4-11(15)16/h1-2,5-6,10H,3-4,13H2,(H,15,16). The van der Waals surface area contributed by atoms with Crippen LogP contribution in [0.15, 0.2) is 18.2 Å². The highest BCUT2D eigenvalue weighted by atomic mass is 19.1. The second kappa shape index (κ2) is 5.37. The van der Waals surface area contributed by atoms with Gasteiger partial charge in [0.1, 0.15) is 12.1 Å². The van der Waals surface area contributed by atoms with E-state index in [-0.39, 0.29) is 12.8 Å². The fourth-order valence-electron chi connectivity index (χ4n) is 1.41. The van der Waals surface area contributed by atoms with E-state index in [0.29, 0.717) is 17.4 Å². The van der Waals surface area contributed by atoms with Crippen molar-refractivity contribution in [1.82, 2.24) is 0 Å². The van der Waals surface area contributed by atoms with Crippen LogP contribution in [0.3, 0.4) is 0 Å². The molecular weight excluding hydrogens is 213 g/mol. The minimum absolute atomic E-state index is 0.115. The van der Waals surface area contributed by atoms with Crippen LogP contribution in [-0.2, 0) is 4.79 Å². The largest absolute Gasteiger partial charge is 0.481 e. The van der Waals surface area contributed by atoms with Crippen molar-refractivity contribution in [1.29, 1.82) is 0 Å². The molecule has 1 unspecified atom stereocenters. The molecule has 0 amide bonds. The summed E-state index contributed by atoms with van der Waals surface area (Å²) < 4.78 is 13.0. The number of carboxylic acid groups (broad SMARTS) is 1. The molecule has 3 N–H and O–H groups in total. The number of benzene rings is 1. The monoisotopic (exact) mass is 225 g/mol. The molecule has 0 spiro atoms. The molecule has 5 heteroatoms. The average Bonchev–Trinajstić information content (AvgIpc) is 2.25. The van der Waals surface area contributed by atoms with Gasteiger partial charge in [0.25, 0.3) is 0 Å². The molecule has 0 aliphatic heterocycles. The van der Waals surface area contributed by atoms with E-state index in [1.54, 1.807) is 0 Å². The zero-order valence-corrected chi connectivity index (χ0v) is 8.52. The Morgan fingerprint density at radius 1 is 1.56 bits per heavy atom. The van der Waals surface area contributed by atoms with Gasteiger partial charge in [-0.1, -0.05) is 0 Å². The number of carboxylic acids is 1. The second-order valence-electron chi connectivity index (χ2n) is 3.43. The normalized spacial score (nSPS) is 12.1. The molecule has 16 heavy (non-hydrogen) atoms. The van der Waals surface area contributed by atoms with Crippen molar-refractivity contribution in [2.24, 2.45) is 5.73 Å². The molecule has 1 aromatic rings. The van der Waals surface area contributed by atoms with Gasteiger partial charge in [0.2, 0.25) is 0 Å². The molecule has 0 heterocycles. The molecule has 1 atom stereocenters. The van der Waals surface area contributed by atoms with Crippen LogP contribution in [0.2, 0.25) is 0 Å². The number of carbonyl (C=O) groups excluding carboxylic acids is 1. The van der Waals surface area contributed by atoms with Crippen LogP contribution < -0.4 is 5.73 Å². The van der Waals surface area contributed by atoms with Gasteiger partial charge in [0.15, 0.2) is 0 Å². The summed E-state index contributed by atoms with van der Waals surface area (Å²) in [5.74, 6) is -1.47.